The summed E-state index contributed by atoms with van der Waals surface area (Å²) in [5.41, 5.74) is 0.672. The third-order valence-electron chi connectivity index (χ3n) is 3.33. The molecule has 2 aliphatic rings. The summed E-state index contributed by atoms with van der Waals surface area (Å²) in [6, 6.07) is 6.90. The van der Waals surface area contributed by atoms with Crippen molar-refractivity contribution in [3.05, 3.63) is 29.3 Å². The van der Waals surface area contributed by atoms with Gasteiger partial charge in [-0.1, -0.05) is 23.4 Å². The van der Waals surface area contributed by atoms with Crippen LogP contribution in [0.25, 0.3) is 0 Å². The molecule has 0 aliphatic carbocycles. The van der Waals surface area contributed by atoms with Crippen molar-refractivity contribution in [3.63, 3.8) is 0 Å². The lowest BCUT2D eigenvalue weighted by Gasteiger charge is -2.33. The van der Waals surface area contributed by atoms with Gasteiger partial charge in [0, 0.05) is 30.2 Å². The van der Waals surface area contributed by atoms with Crippen molar-refractivity contribution < 1.29 is 9.59 Å². The predicted molar refractivity (Wildman–Crippen MR) is 84.7 cm³/mol. The zero-order valence-corrected chi connectivity index (χ0v) is 12.8. The average molecular weight is 324 g/mol. The van der Waals surface area contributed by atoms with Crippen molar-refractivity contribution in [1.29, 1.82) is 0 Å². The Morgan fingerprint density at radius 3 is 2.90 bits per heavy atom. The third kappa shape index (κ3) is 3.22. The minimum absolute atomic E-state index is 0.0246. The third-order valence-corrected chi connectivity index (χ3v) is 4.81. The number of nitrogens with zero attached hydrogens (tertiary/aromatic N) is 2. The molecule has 0 aromatic heterocycles. The molecule has 0 unspecified atom stereocenters. The molecule has 1 aromatic carbocycles. The number of amidine groups is 1. The molecule has 3 rings (SSSR count). The van der Waals surface area contributed by atoms with Gasteiger partial charge >= 0.3 is 0 Å². The molecule has 1 N–H and O–H groups in total. The highest BCUT2D eigenvalue weighted by atomic mass is 35.5. The number of carbonyl (C=O) groups excluding carboxylic acids is 2. The van der Waals surface area contributed by atoms with Crippen molar-refractivity contribution in [3.8, 4) is 0 Å². The molecule has 1 fully saturated rings. The number of anilines is 1. The van der Waals surface area contributed by atoms with Crippen LogP contribution in [0, 0.1) is 0 Å². The normalized spacial score (nSPS) is 21.6. The Morgan fingerprint density at radius 2 is 2.14 bits per heavy atom. The summed E-state index contributed by atoms with van der Waals surface area (Å²) in [5, 5.41) is 3.67. The number of amides is 2. The second-order valence-electron chi connectivity index (χ2n) is 4.87. The van der Waals surface area contributed by atoms with E-state index in [1.807, 2.05) is 0 Å². The van der Waals surface area contributed by atoms with Gasteiger partial charge in [-0.15, -0.1) is 0 Å². The number of nitrogens with one attached hydrogen (secondary N) is 1. The van der Waals surface area contributed by atoms with Gasteiger partial charge in [0.25, 0.3) is 0 Å². The number of rotatable bonds is 2. The van der Waals surface area contributed by atoms with Crippen molar-refractivity contribution in [2.75, 3.05) is 18.4 Å². The lowest BCUT2D eigenvalue weighted by molar-refractivity contribution is -0.129. The summed E-state index contributed by atoms with van der Waals surface area (Å²) >= 11 is 7.18. The van der Waals surface area contributed by atoms with Gasteiger partial charge in [-0.05, 0) is 30.7 Å². The molecule has 0 radical (unpaired) electrons. The van der Waals surface area contributed by atoms with Gasteiger partial charge in [0.15, 0.2) is 5.17 Å². The maximum absolute atomic E-state index is 12.3. The smallest absolute Gasteiger partial charge is 0.238 e. The Bertz CT molecular complexity index is 603. The molecule has 2 amide bonds. The lowest BCUT2D eigenvalue weighted by atomic mass is 10.2. The Labute approximate surface area is 131 Å². The Hall–Kier alpha value is -1.53. The summed E-state index contributed by atoms with van der Waals surface area (Å²) in [5.74, 6) is -0.202. The fourth-order valence-electron chi connectivity index (χ4n) is 2.26. The summed E-state index contributed by atoms with van der Waals surface area (Å²) in [7, 11) is 0. The second-order valence-corrected chi connectivity index (χ2v) is 6.48. The zero-order valence-electron chi connectivity index (χ0n) is 11.2. The van der Waals surface area contributed by atoms with Crippen molar-refractivity contribution in [2.24, 2.45) is 4.99 Å². The van der Waals surface area contributed by atoms with E-state index in [0.717, 1.165) is 13.0 Å². The van der Waals surface area contributed by atoms with E-state index in [0.29, 0.717) is 22.4 Å². The van der Waals surface area contributed by atoms with Crippen LogP contribution in [0.1, 0.15) is 12.8 Å². The molecule has 0 bridgehead atoms. The van der Waals surface area contributed by atoms with E-state index < -0.39 is 5.25 Å². The molecular weight excluding hydrogens is 310 g/mol. The zero-order chi connectivity index (χ0) is 14.8. The number of fused-ring (bicyclic) bond motifs is 1. The Balaban J connectivity index is 1.69. The number of halogens is 1. The van der Waals surface area contributed by atoms with E-state index in [4.69, 9.17) is 11.6 Å². The minimum Gasteiger partial charge on any atom is -0.325 e. The molecule has 110 valence electrons. The highest BCUT2D eigenvalue weighted by Gasteiger charge is 2.36. The molecular formula is C14H14ClN3O2S. The number of aliphatic imine (C=N–C) groups is 1. The van der Waals surface area contributed by atoms with E-state index in [1.165, 1.54) is 11.8 Å². The van der Waals surface area contributed by atoms with Gasteiger partial charge in [0.2, 0.25) is 11.8 Å². The summed E-state index contributed by atoms with van der Waals surface area (Å²) in [4.78, 5) is 30.4. The van der Waals surface area contributed by atoms with E-state index in [-0.39, 0.29) is 18.2 Å². The van der Waals surface area contributed by atoms with Crippen LogP contribution < -0.4 is 5.32 Å². The number of benzene rings is 1. The number of hydrogen-bond acceptors (Lipinski definition) is 4. The fourth-order valence-corrected chi connectivity index (χ4v) is 3.52. The molecule has 1 atom stereocenters. The quantitative estimate of drug-likeness (QED) is 0.909. The van der Waals surface area contributed by atoms with Crippen LogP contribution in [0.15, 0.2) is 29.3 Å². The first-order valence-electron chi connectivity index (χ1n) is 6.71. The molecule has 1 aromatic rings. The number of hydrogen-bond donors (Lipinski definition) is 1. The predicted octanol–water partition coefficient (Wildman–Crippen LogP) is 2.37. The first-order valence-corrected chi connectivity index (χ1v) is 7.97. The molecule has 5 nitrogen and oxygen atoms in total. The van der Waals surface area contributed by atoms with E-state index >= 15 is 0 Å². The Kier molecular flexibility index (Phi) is 4.17. The van der Waals surface area contributed by atoms with Crippen molar-refractivity contribution in [2.45, 2.75) is 18.1 Å². The van der Waals surface area contributed by atoms with Crippen LogP contribution in [0.2, 0.25) is 5.02 Å². The van der Waals surface area contributed by atoms with Gasteiger partial charge in [-0.25, -0.2) is 0 Å². The fraction of sp³-hybridized carbons (Fsp3) is 0.357. The first-order chi connectivity index (χ1) is 10.1. The summed E-state index contributed by atoms with van der Waals surface area (Å²) in [6.45, 7) is 1.42. The van der Waals surface area contributed by atoms with Gasteiger partial charge < -0.3 is 5.32 Å². The van der Waals surface area contributed by atoms with Gasteiger partial charge in [-0.2, -0.15) is 0 Å². The van der Waals surface area contributed by atoms with E-state index in [2.05, 4.69) is 10.3 Å². The van der Waals surface area contributed by atoms with E-state index in [1.54, 1.807) is 29.2 Å². The average Bonchev–Trinajstić information content (AvgIpc) is 2.49. The molecule has 7 heteroatoms. The summed E-state index contributed by atoms with van der Waals surface area (Å²) in [6.07, 6.45) is 1.10. The van der Waals surface area contributed by atoms with Crippen LogP contribution in [0.4, 0.5) is 5.69 Å². The number of thioether (sulfide) groups is 1. The maximum Gasteiger partial charge on any atom is 0.238 e. The van der Waals surface area contributed by atoms with Crippen LogP contribution in [0.5, 0.6) is 0 Å². The largest absolute Gasteiger partial charge is 0.325 e. The van der Waals surface area contributed by atoms with Gasteiger partial charge in [0.05, 0.1) is 0 Å². The maximum atomic E-state index is 12.3. The SMILES string of the molecule is O=C(Nc1ccc(Cl)cc1)[C@H]1CC(=O)N2CCCN=C2S1. The molecule has 0 spiro atoms. The highest BCUT2D eigenvalue weighted by molar-refractivity contribution is 8.15. The first kappa shape index (κ1) is 14.4. The van der Waals surface area contributed by atoms with Crippen LogP contribution in [-0.4, -0.2) is 40.2 Å². The molecule has 21 heavy (non-hydrogen) atoms. The Morgan fingerprint density at radius 1 is 1.38 bits per heavy atom. The molecule has 1 saturated heterocycles. The van der Waals surface area contributed by atoms with Crippen LogP contribution in [0.3, 0.4) is 0 Å². The standard InChI is InChI=1S/C14H14ClN3O2S/c15-9-2-4-10(5-3-9)17-13(20)11-8-12(19)18-7-1-6-16-14(18)21-11/h2-5,11H,1,6-8H2,(H,17,20)/t11-/m1/s1. The van der Waals surface area contributed by atoms with Crippen LogP contribution in [-0.2, 0) is 9.59 Å². The van der Waals surface area contributed by atoms with Crippen molar-refractivity contribution >= 4 is 46.0 Å². The topological polar surface area (TPSA) is 61.8 Å². The van der Waals surface area contributed by atoms with Crippen LogP contribution >= 0.6 is 23.4 Å². The molecule has 0 saturated carbocycles. The van der Waals surface area contributed by atoms with Gasteiger partial charge in [0.1, 0.15) is 5.25 Å². The lowest BCUT2D eigenvalue weighted by Crippen LogP contribution is -2.47. The highest BCUT2D eigenvalue weighted by Crippen LogP contribution is 2.29. The monoisotopic (exact) mass is 323 g/mol. The summed E-state index contributed by atoms with van der Waals surface area (Å²) < 4.78 is 0. The van der Waals surface area contributed by atoms with Crippen molar-refractivity contribution in [1.82, 2.24) is 4.90 Å². The van der Waals surface area contributed by atoms with E-state index in [9.17, 15) is 9.59 Å². The minimum atomic E-state index is -0.429. The van der Waals surface area contributed by atoms with Gasteiger partial charge in [-0.3, -0.25) is 19.5 Å². The molecule has 2 heterocycles. The second kappa shape index (κ2) is 6.07. The molecule has 2 aliphatic heterocycles. The number of carbonyl (C=O) groups is 2.